The maximum atomic E-state index is 13.6. The molecular weight excluding hydrogens is 376 g/mol. The molecule has 0 N–H and O–H groups in total. The molecule has 30 heavy (non-hydrogen) atoms. The number of amides is 1. The van der Waals surface area contributed by atoms with Crippen molar-refractivity contribution in [3.8, 4) is 0 Å². The summed E-state index contributed by atoms with van der Waals surface area (Å²) < 4.78 is 12.1. The van der Waals surface area contributed by atoms with Crippen molar-refractivity contribution in [1.82, 2.24) is 9.88 Å². The molecule has 1 spiro atoms. The molecule has 5 heteroatoms. The predicted octanol–water partition coefficient (Wildman–Crippen LogP) is 3.82. The highest BCUT2D eigenvalue weighted by atomic mass is 16.5. The van der Waals surface area contributed by atoms with Crippen molar-refractivity contribution in [3.63, 3.8) is 0 Å². The number of carbonyl (C=O) groups excluding carboxylic acids is 1. The fraction of sp³-hybridized carbons (Fsp3) is 0.760. The van der Waals surface area contributed by atoms with Gasteiger partial charge in [0, 0.05) is 19.4 Å². The molecule has 3 heterocycles. The molecular formula is C25H34N2O3. The zero-order chi connectivity index (χ0) is 20.2. The van der Waals surface area contributed by atoms with Crippen LogP contribution in [0.1, 0.15) is 57.1 Å². The van der Waals surface area contributed by atoms with E-state index in [9.17, 15) is 4.79 Å². The van der Waals surface area contributed by atoms with Crippen LogP contribution in [0.25, 0.3) is 0 Å². The third-order valence-corrected chi connectivity index (χ3v) is 8.88. The predicted molar refractivity (Wildman–Crippen MR) is 112 cm³/mol. The zero-order valence-corrected chi connectivity index (χ0v) is 17.9. The van der Waals surface area contributed by atoms with Gasteiger partial charge in [0.2, 0.25) is 5.91 Å². The average Bonchev–Trinajstić information content (AvgIpc) is 3.13. The van der Waals surface area contributed by atoms with Crippen LogP contribution in [-0.4, -0.2) is 47.7 Å². The molecule has 6 aliphatic rings. The zero-order valence-electron chi connectivity index (χ0n) is 17.9. The Balaban J connectivity index is 1.03. The van der Waals surface area contributed by atoms with E-state index < -0.39 is 0 Å². The molecule has 0 radical (unpaired) electrons. The van der Waals surface area contributed by atoms with Crippen molar-refractivity contribution in [2.45, 2.75) is 63.6 Å². The second kappa shape index (κ2) is 7.30. The minimum Gasteiger partial charge on any atom is -0.375 e. The van der Waals surface area contributed by atoms with E-state index in [0.717, 1.165) is 81.9 Å². The molecule has 5 nitrogen and oxygen atoms in total. The van der Waals surface area contributed by atoms with E-state index in [0.29, 0.717) is 18.4 Å². The fourth-order valence-corrected chi connectivity index (χ4v) is 7.88. The summed E-state index contributed by atoms with van der Waals surface area (Å²) in [6.45, 7) is 3.73. The number of hydrogen-bond donors (Lipinski definition) is 0. The summed E-state index contributed by atoms with van der Waals surface area (Å²) in [4.78, 5) is 20.1. The average molecular weight is 411 g/mol. The number of likely N-dealkylation sites (tertiary alicyclic amines) is 1. The van der Waals surface area contributed by atoms with E-state index in [4.69, 9.17) is 9.47 Å². The van der Waals surface area contributed by atoms with Crippen molar-refractivity contribution in [3.05, 3.63) is 30.1 Å². The molecule has 4 saturated carbocycles. The summed E-state index contributed by atoms with van der Waals surface area (Å²) in [6.07, 6.45) is 11.5. The molecule has 2 saturated heterocycles. The van der Waals surface area contributed by atoms with Gasteiger partial charge in [0.15, 0.2) is 0 Å². The highest BCUT2D eigenvalue weighted by molar-refractivity contribution is 5.84. The Bertz CT molecular complexity index is 754. The minimum absolute atomic E-state index is 0.0176. The largest absolute Gasteiger partial charge is 0.375 e. The van der Waals surface area contributed by atoms with Crippen LogP contribution in [0.4, 0.5) is 0 Å². The van der Waals surface area contributed by atoms with Crippen molar-refractivity contribution in [2.24, 2.45) is 29.1 Å². The number of ether oxygens (including phenoxy) is 2. The molecule has 162 valence electrons. The van der Waals surface area contributed by atoms with Crippen LogP contribution < -0.4 is 0 Å². The van der Waals surface area contributed by atoms with Crippen molar-refractivity contribution in [1.29, 1.82) is 0 Å². The van der Waals surface area contributed by atoms with Gasteiger partial charge in [0.25, 0.3) is 0 Å². The minimum atomic E-state index is -0.105. The Labute approximate surface area is 179 Å². The van der Waals surface area contributed by atoms with Crippen LogP contribution in [0, 0.1) is 29.1 Å². The van der Waals surface area contributed by atoms with Crippen LogP contribution in [0.15, 0.2) is 24.4 Å². The van der Waals surface area contributed by atoms with E-state index in [1.807, 2.05) is 24.4 Å². The van der Waals surface area contributed by atoms with Crippen molar-refractivity contribution < 1.29 is 14.3 Å². The molecule has 1 atom stereocenters. The van der Waals surface area contributed by atoms with E-state index in [2.05, 4.69) is 9.88 Å². The van der Waals surface area contributed by atoms with Crippen LogP contribution in [0.5, 0.6) is 0 Å². The monoisotopic (exact) mass is 410 g/mol. The van der Waals surface area contributed by atoms with Crippen LogP contribution in [-0.2, 0) is 20.9 Å². The van der Waals surface area contributed by atoms with Crippen molar-refractivity contribution in [2.75, 3.05) is 26.3 Å². The number of carbonyl (C=O) groups is 1. The molecule has 0 aromatic carbocycles. The van der Waals surface area contributed by atoms with Gasteiger partial charge in [-0.15, -0.1) is 0 Å². The summed E-state index contributed by atoms with van der Waals surface area (Å²) in [6, 6.07) is 5.92. The van der Waals surface area contributed by atoms with Gasteiger partial charge < -0.3 is 14.4 Å². The Morgan fingerprint density at radius 3 is 2.53 bits per heavy atom. The smallest absolute Gasteiger partial charge is 0.229 e. The molecule has 4 aliphatic carbocycles. The molecule has 1 aromatic rings. The van der Waals surface area contributed by atoms with Gasteiger partial charge in [0.05, 0.1) is 30.8 Å². The summed E-state index contributed by atoms with van der Waals surface area (Å²) in [5, 5.41) is 0. The standard InChI is InChI=1S/C25H34N2O3/c28-23(24-12-18-9-19(13-24)11-20(10-18)14-24)27-16-25(17-27)21(5-8-30-25)4-7-29-15-22-3-1-2-6-26-22/h1-3,6,18-21H,4-5,7-17H2/t18?,19?,20?,21-,24?/m1/s1. The first-order chi connectivity index (χ1) is 14.6. The lowest BCUT2D eigenvalue weighted by Gasteiger charge is -2.59. The summed E-state index contributed by atoms with van der Waals surface area (Å²) in [7, 11) is 0. The van der Waals surface area contributed by atoms with Gasteiger partial charge in [-0.25, -0.2) is 0 Å². The molecule has 7 rings (SSSR count). The second-order valence-corrected chi connectivity index (χ2v) is 10.9. The third kappa shape index (κ3) is 3.20. The Hall–Kier alpha value is -1.46. The number of hydrogen-bond acceptors (Lipinski definition) is 4. The summed E-state index contributed by atoms with van der Waals surface area (Å²) in [5.41, 5.74) is 0.855. The number of rotatable bonds is 6. The number of pyridine rings is 1. The first kappa shape index (κ1) is 19.2. The second-order valence-electron chi connectivity index (χ2n) is 10.9. The Kier molecular flexibility index (Phi) is 4.68. The van der Waals surface area contributed by atoms with Gasteiger partial charge >= 0.3 is 0 Å². The van der Waals surface area contributed by atoms with Crippen LogP contribution >= 0.6 is 0 Å². The quantitative estimate of drug-likeness (QED) is 0.669. The van der Waals surface area contributed by atoms with Gasteiger partial charge in [-0.1, -0.05) is 6.07 Å². The van der Waals surface area contributed by atoms with E-state index in [1.165, 1.54) is 19.3 Å². The van der Waals surface area contributed by atoms with Gasteiger partial charge in [0.1, 0.15) is 5.60 Å². The lowest BCUT2D eigenvalue weighted by atomic mass is 9.49. The van der Waals surface area contributed by atoms with Crippen LogP contribution in [0.2, 0.25) is 0 Å². The third-order valence-electron chi connectivity index (χ3n) is 8.88. The lowest BCUT2D eigenvalue weighted by molar-refractivity contribution is -0.186. The van der Waals surface area contributed by atoms with Gasteiger partial charge in [-0.3, -0.25) is 9.78 Å². The maximum absolute atomic E-state index is 13.6. The summed E-state index contributed by atoms with van der Waals surface area (Å²) >= 11 is 0. The van der Waals surface area contributed by atoms with E-state index >= 15 is 0 Å². The highest BCUT2D eigenvalue weighted by Crippen LogP contribution is 2.61. The van der Waals surface area contributed by atoms with Gasteiger partial charge in [-0.05, 0) is 87.2 Å². The normalized spacial score (nSPS) is 38.2. The molecule has 4 bridgehead atoms. The fourth-order valence-electron chi connectivity index (χ4n) is 7.88. The molecule has 2 aliphatic heterocycles. The Morgan fingerprint density at radius 1 is 1.13 bits per heavy atom. The molecule has 1 aromatic heterocycles. The molecule has 0 unspecified atom stereocenters. The first-order valence-electron chi connectivity index (χ1n) is 12.1. The number of nitrogens with zero attached hydrogens (tertiary/aromatic N) is 2. The van der Waals surface area contributed by atoms with E-state index in [-0.39, 0.29) is 11.0 Å². The highest BCUT2D eigenvalue weighted by Gasteiger charge is 2.60. The van der Waals surface area contributed by atoms with Crippen LogP contribution in [0.3, 0.4) is 0 Å². The molecule has 1 amide bonds. The lowest BCUT2D eigenvalue weighted by Crippen LogP contribution is -2.69. The number of aromatic nitrogens is 1. The Morgan fingerprint density at radius 2 is 1.87 bits per heavy atom. The van der Waals surface area contributed by atoms with Crippen molar-refractivity contribution >= 4 is 5.91 Å². The summed E-state index contributed by atoms with van der Waals surface area (Å²) in [5.74, 6) is 3.43. The maximum Gasteiger partial charge on any atom is 0.229 e. The van der Waals surface area contributed by atoms with E-state index in [1.54, 1.807) is 0 Å². The SMILES string of the molecule is O=C(N1CC2(C1)OCC[C@H]2CCOCc1ccccn1)C12CC3CC(CC(C3)C1)C2. The van der Waals surface area contributed by atoms with Gasteiger partial charge in [-0.2, -0.15) is 0 Å². The topological polar surface area (TPSA) is 51.7 Å². The first-order valence-corrected chi connectivity index (χ1v) is 12.1. The molecule has 6 fully saturated rings.